The van der Waals surface area contributed by atoms with Crippen molar-refractivity contribution >= 4 is 52.4 Å². The van der Waals surface area contributed by atoms with Crippen molar-refractivity contribution in [1.82, 2.24) is 15.0 Å². The van der Waals surface area contributed by atoms with E-state index in [1.165, 1.54) is 18.3 Å². The van der Waals surface area contributed by atoms with E-state index >= 15 is 0 Å². The van der Waals surface area contributed by atoms with Gasteiger partial charge in [-0.3, -0.25) is 9.59 Å². The first kappa shape index (κ1) is 15.6. The van der Waals surface area contributed by atoms with Gasteiger partial charge in [0.1, 0.15) is 6.54 Å². The molecular weight excluding hydrogens is 343 g/mol. The molecule has 0 fully saturated rings. The summed E-state index contributed by atoms with van der Waals surface area (Å²) in [4.78, 5) is 22.5. The van der Waals surface area contributed by atoms with Gasteiger partial charge in [0.25, 0.3) is 5.91 Å². The van der Waals surface area contributed by atoms with E-state index in [1.807, 2.05) is 0 Å². The lowest BCUT2D eigenvalue weighted by atomic mass is 10.3. The number of aliphatic carboxylic acids is 1. The second-order valence-corrected chi connectivity index (χ2v) is 5.14. The van der Waals surface area contributed by atoms with Crippen LogP contribution in [0.4, 0.5) is 5.69 Å². The van der Waals surface area contributed by atoms with Crippen molar-refractivity contribution < 1.29 is 14.7 Å². The number of hydrogen-bond donors (Lipinski definition) is 2. The minimum absolute atomic E-state index is 0.0710. The van der Waals surface area contributed by atoms with Crippen LogP contribution in [0.3, 0.4) is 0 Å². The van der Waals surface area contributed by atoms with Crippen LogP contribution >= 0.6 is 34.8 Å². The predicted molar refractivity (Wildman–Crippen MR) is 77.1 cm³/mol. The summed E-state index contributed by atoms with van der Waals surface area (Å²) in [6.45, 7) is -0.400. The highest BCUT2D eigenvalue weighted by Crippen LogP contribution is 2.33. The van der Waals surface area contributed by atoms with E-state index in [-0.39, 0.29) is 21.4 Å². The molecule has 10 heteroatoms. The topological polar surface area (TPSA) is 97.1 Å². The highest BCUT2D eigenvalue weighted by molar-refractivity contribution is 6.42. The highest BCUT2D eigenvalue weighted by Gasteiger charge is 2.16. The molecule has 0 aliphatic carbocycles. The van der Waals surface area contributed by atoms with E-state index < -0.39 is 18.4 Å². The molecule has 21 heavy (non-hydrogen) atoms. The van der Waals surface area contributed by atoms with Crippen molar-refractivity contribution in [2.24, 2.45) is 0 Å². The maximum Gasteiger partial charge on any atom is 0.325 e. The summed E-state index contributed by atoms with van der Waals surface area (Å²) in [7, 11) is 0. The third-order valence-corrected chi connectivity index (χ3v) is 3.13. The van der Waals surface area contributed by atoms with Gasteiger partial charge in [-0.2, -0.15) is 0 Å². The van der Waals surface area contributed by atoms with E-state index in [4.69, 9.17) is 39.9 Å². The monoisotopic (exact) mass is 348 g/mol. The smallest absolute Gasteiger partial charge is 0.325 e. The fourth-order valence-electron chi connectivity index (χ4n) is 1.46. The normalized spacial score (nSPS) is 10.4. The molecule has 0 aliphatic heterocycles. The number of aromatic nitrogens is 3. The van der Waals surface area contributed by atoms with Crippen LogP contribution in [0.15, 0.2) is 18.3 Å². The van der Waals surface area contributed by atoms with E-state index in [2.05, 4.69) is 15.6 Å². The van der Waals surface area contributed by atoms with Crippen molar-refractivity contribution in [2.45, 2.75) is 6.54 Å². The molecule has 2 N–H and O–H groups in total. The van der Waals surface area contributed by atoms with E-state index in [0.717, 1.165) is 4.68 Å². The van der Waals surface area contributed by atoms with Gasteiger partial charge in [0.2, 0.25) is 0 Å². The Morgan fingerprint density at radius 2 is 1.86 bits per heavy atom. The molecule has 1 amide bonds. The maximum atomic E-state index is 12.0. The zero-order valence-electron chi connectivity index (χ0n) is 10.2. The Hall–Kier alpha value is -1.83. The highest BCUT2D eigenvalue weighted by atomic mass is 35.5. The zero-order valence-corrected chi connectivity index (χ0v) is 12.4. The van der Waals surface area contributed by atoms with Crippen LogP contribution in [0.2, 0.25) is 15.1 Å². The molecule has 1 aromatic heterocycles. The van der Waals surface area contributed by atoms with Gasteiger partial charge in [0.15, 0.2) is 5.69 Å². The van der Waals surface area contributed by atoms with Crippen LogP contribution in [-0.4, -0.2) is 32.0 Å². The van der Waals surface area contributed by atoms with Crippen molar-refractivity contribution in [2.75, 3.05) is 5.32 Å². The molecule has 7 nitrogen and oxygen atoms in total. The first-order valence-electron chi connectivity index (χ1n) is 5.44. The molecule has 1 aromatic carbocycles. The number of carboxylic acid groups (broad SMARTS) is 1. The lowest BCUT2D eigenvalue weighted by Crippen LogP contribution is -2.13. The Labute approximate surface area is 133 Å². The Morgan fingerprint density at radius 3 is 2.43 bits per heavy atom. The van der Waals surface area contributed by atoms with Gasteiger partial charge in [-0.1, -0.05) is 40.0 Å². The number of amides is 1. The van der Waals surface area contributed by atoms with Gasteiger partial charge in [-0.15, -0.1) is 5.10 Å². The molecule has 0 unspecified atom stereocenters. The van der Waals surface area contributed by atoms with Crippen LogP contribution in [0, 0.1) is 0 Å². The van der Waals surface area contributed by atoms with Crippen LogP contribution < -0.4 is 5.32 Å². The number of carboxylic acids is 1. The zero-order chi connectivity index (χ0) is 15.6. The molecule has 2 rings (SSSR count). The van der Waals surface area contributed by atoms with Gasteiger partial charge in [-0.25, -0.2) is 4.68 Å². The lowest BCUT2D eigenvalue weighted by Gasteiger charge is -2.08. The Kier molecular flexibility index (Phi) is 4.66. The van der Waals surface area contributed by atoms with Gasteiger partial charge in [-0.05, 0) is 12.1 Å². The number of nitrogens with one attached hydrogen (secondary N) is 1. The fourth-order valence-corrected chi connectivity index (χ4v) is 2.37. The molecule has 0 saturated heterocycles. The number of carbonyl (C=O) groups is 2. The first-order valence-corrected chi connectivity index (χ1v) is 6.58. The molecule has 1 heterocycles. The molecule has 0 spiro atoms. The number of hydrogen-bond acceptors (Lipinski definition) is 4. The summed E-state index contributed by atoms with van der Waals surface area (Å²) in [5.41, 5.74) is 0.110. The number of rotatable bonds is 4. The van der Waals surface area contributed by atoms with E-state index in [0.29, 0.717) is 5.02 Å². The number of carbonyl (C=O) groups excluding carboxylic acids is 1. The molecule has 0 radical (unpaired) electrons. The van der Waals surface area contributed by atoms with Gasteiger partial charge >= 0.3 is 5.97 Å². The van der Waals surface area contributed by atoms with Crippen LogP contribution in [0.1, 0.15) is 10.5 Å². The molecule has 0 bridgehead atoms. The first-order chi connectivity index (χ1) is 9.86. The standard InChI is InChI=1S/C11H7Cl3N4O3/c12-5-1-6(13)10(7(14)2-5)15-11(21)8-3-18(17-16-8)4-9(19)20/h1-3H,4H2,(H,15,21)(H,19,20). The second kappa shape index (κ2) is 6.30. The fraction of sp³-hybridized carbons (Fsp3) is 0.0909. The van der Waals surface area contributed by atoms with Crippen LogP contribution in [0.25, 0.3) is 0 Å². The Balaban J connectivity index is 2.18. The molecule has 0 atom stereocenters. The Bertz CT molecular complexity index is 693. The minimum Gasteiger partial charge on any atom is -0.480 e. The second-order valence-electron chi connectivity index (χ2n) is 3.89. The molecule has 2 aromatic rings. The van der Waals surface area contributed by atoms with Crippen molar-refractivity contribution in [1.29, 1.82) is 0 Å². The summed E-state index contributed by atoms with van der Waals surface area (Å²) >= 11 is 17.6. The average Bonchev–Trinajstić information content (AvgIpc) is 2.81. The number of benzene rings is 1. The third-order valence-electron chi connectivity index (χ3n) is 2.31. The maximum absolute atomic E-state index is 12.0. The van der Waals surface area contributed by atoms with Crippen molar-refractivity contribution in [3.05, 3.63) is 39.1 Å². The predicted octanol–water partition coefficient (Wildman–Crippen LogP) is 2.58. The van der Waals surface area contributed by atoms with E-state index in [9.17, 15) is 9.59 Å². The SMILES string of the molecule is O=C(O)Cn1cc(C(=O)Nc2c(Cl)cc(Cl)cc2Cl)nn1. The largest absolute Gasteiger partial charge is 0.480 e. The summed E-state index contributed by atoms with van der Waals surface area (Å²) in [6.07, 6.45) is 1.20. The van der Waals surface area contributed by atoms with Gasteiger partial charge in [0, 0.05) is 5.02 Å². The molecule has 0 aliphatic rings. The van der Waals surface area contributed by atoms with Crippen LogP contribution in [-0.2, 0) is 11.3 Å². The van der Waals surface area contributed by atoms with Gasteiger partial charge in [0.05, 0.1) is 21.9 Å². The average molecular weight is 350 g/mol. The van der Waals surface area contributed by atoms with E-state index in [1.54, 1.807) is 0 Å². The van der Waals surface area contributed by atoms with Crippen molar-refractivity contribution in [3.63, 3.8) is 0 Å². The molecular formula is C11H7Cl3N4O3. The quantitative estimate of drug-likeness (QED) is 0.884. The third kappa shape index (κ3) is 3.84. The van der Waals surface area contributed by atoms with Crippen molar-refractivity contribution in [3.8, 4) is 0 Å². The summed E-state index contributed by atoms with van der Waals surface area (Å²) in [6, 6.07) is 2.85. The number of halogens is 3. The summed E-state index contributed by atoms with van der Waals surface area (Å²) in [5.74, 6) is -1.73. The minimum atomic E-state index is -1.10. The summed E-state index contributed by atoms with van der Waals surface area (Å²) < 4.78 is 1.02. The number of nitrogens with zero attached hydrogens (tertiary/aromatic N) is 3. The van der Waals surface area contributed by atoms with Gasteiger partial charge < -0.3 is 10.4 Å². The van der Waals surface area contributed by atoms with Crippen LogP contribution in [0.5, 0.6) is 0 Å². The molecule has 110 valence electrons. The Morgan fingerprint density at radius 1 is 1.24 bits per heavy atom. The number of anilines is 1. The molecule has 0 saturated carbocycles. The summed E-state index contributed by atoms with van der Waals surface area (Å²) in [5, 5.41) is 18.8. The lowest BCUT2D eigenvalue weighted by molar-refractivity contribution is -0.137.